The molecule has 1 fully saturated rings. The summed E-state index contributed by atoms with van der Waals surface area (Å²) in [5.74, 6) is 0.945. The van der Waals surface area contributed by atoms with E-state index in [0.717, 1.165) is 43.1 Å². The molecule has 1 amide bonds. The van der Waals surface area contributed by atoms with Gasteiger partial charge in [-0.15, -0.1) is 0 Å². The van der Waals surface area contributed by atoms with Crippen LogP contribution >= 0.6 is 0 Å². The quantitative estimate of drug-likeness (QED) is 0.914. The molecular formula is C19H28N6O. The van der Waals surface area contributed by atoms with E-state index in [4.69, 9.17) is 0 Å². The number of hydrogen-bond acceptors (Lipinski definition) is 5. The summed E-state index contributed by atoms with van der Waals surface area (Å²) in [6.07, 6.45) is 3.44. The number of likely N-dealkylation sites (tertiary alicyclic amines) is 1. The second kappa shape index (κ2) is 7.05. The molecule has 7 nitrogen and oxygen atoms in total. The molecule has 0 saturated carbocycles. The van der Waals surface area contributed by atoms with Crippen LogP contribution in [0.25, 0.3) is 0 Å². The fourth-order valence-corrected chi connectivity index (χ4v) is 3.25. The fourth-order valence-electron chi connectivity index (χ4n) is 3.25. The Morgan fingerprint density at radius 1 is 1.23 bits per heavy atom. The van der Waals surface area contributed by atoms with E-state index in [0.29, 0.717) is 11.7 Å². The van der Waals surface area contributed by atoms with Gasteiger partial charge in [-0.05, 0) is 25.8 Å². The lowest BCUT2D eigenvalue weighted by atomic mass is 9.92. The van der Waals surface area contributed by atoms with Gasteiger partial charge in [-0.25, -0.2) is 9.97 Å². The first-order chi connectivity index (χ1) is 12.3. The maximum atomic E-state index is 12.7. The molecule has 1 aliphatic heterocycles. The highest BCUT2D eigenvalue weighted by molar-refractivity contribution is 5.92. The highest BCUT2D eigenvalue weighted by atomic mass is 16.2. The summed E-state index contributed by atoms with van der Waals surface area (Å²) < 4.78 is 0. The van der Waals surface area contributed by atoms with Crippen LogP contribution in [0.4, 0.5) is 5.82 Å². The summed E-state index contributed by atoms with van der Waals surface area (Å²) in [5, 5.41) is 7.23. The molecule has 0 atom stereocenters. The second-order valence-corrected chi connectivity index (χ2v) is 8.07. The number of aromatic amines is 1. The molecule has 2 aromatic rings. The van der Waals surface area contributed by atoms with Gasteiger partial charge in [0.25, 0.3) is 5.91 Å². The smallest absolute Gasteiger partial charge is 0.274 e. The molecule has 0 aromatic carbocycles. The third-order valence-electron chi connectivity index (χ3n) is 5.06. The Morgan fingerprint density at radius 2 is 1.92 bits per heavy atom. The highest BCUT2D eigenvalue weighted by Crippen LogP contribution is 2.23. The molecule has 1 saturated heterocycles. The van der Waals surface area contributed by atoms with Gasteiger partial charge in [0, 0.05) is 49.0 Å². The third-order valence-corrected chi connectivity index (χ3v) is 5.06. The maximum absolute atomic E-state index is 12.7. The molecule has 2 aromatic heterocycles. The molecule has 0 bridgehead atoms. The summed E-state index contributed by atoms with van der Waals surface area (Å²) >= 11 is 0. The summed E-state index contributed by atoms with van der Waals surface area (Å²) in [5.41, 5.74) is 2.40. The number of carbonyl (C=O) groups excluding carboxylic acids is 1. The number of hydrogen-bond donors (Lipinski definition) is 1. The maximum Gasteiger partial charge on any atom is 0.274 e. The van der Waals surface area contributed by atoms with Crippen LogP contribution in [0.15, 0.2) is 18.5 Å². The monoisotopic (exact) mass is 356 g/mol. The van der Waals surface area contributed by atoms with Crippen molar-refractivity contribution in [3.63, 3.8) is 0 Å². The van der Waals surface area contributed by atoms with Gasteiger partial charge in [0.1, 0.15) is 17.8 Å². The predicted molar refractivity (Wildman–Crippen MR) is 101 cm³/mol. The molecule has 140 valence electrons. The Bertz CT molecular complexity index is 770. The topological polar surface area (TPSA) is 78.0 Å². The molecule has 0 radical (unpaired) electrons. The third kappa shape index (κ3) is 3.86. The summed E-state index contributed by atoms with van der Waals surface area (Å²) in [7, 11) is 2.06. The fraction of sp³-hybridized carbons (Fsp3) is 0.579. The van der Waals surface area contributed by atoms with Crippen LogP contribution in [0.5, 0.6) is 0 Å². The number of aromatic nitrogens is 4. The molecule has 1 N–H and O–H groups in total. The number of rotatable bonds is 3. The van der Waals surface area contributed by atoms with E-state index in [1.807, 2.05) is 24.0 Å². The van der Waals surface area contributed by atoms with Gasteiger partial charge in [-0.1, -0.05) is 20.8 Å². The molecule has 7 heteroatoms. The molecule has 3 heterocycles. The van der Waals surface area contributed by atoms with Gasteiger partial charge in [-0.3, -0.25) is 9.89 Å². The van der Waals surface area contributed by atoms with Gasteiger partial charge < -0.3 is 9.80 Å². The number of H-pyrrole nitrogens is 1. The van der Waals surface area contributed by atoms with Gasteiger partial charge in [0.15, 0.2) is 0 Å². The molecule has 0 spiro atoms. The number of nitrogens with one attached hydrogen (secondary N) is 1. The minimum absolute atomic E-state index is 0.00994. The minimum Gasteiger partial charge on any atom is -0.356 e. The zero-order valence-electron chi connectivity index (χ0n) is 16.3. The number of nitrogens with zero attached hydrogens (tertiary/aromatic N) is 5. The first-order valence-corrected chi connectivity index (χ1v) is 9.12. The lowest BCUT2D eigenvalue weighted by Crippen LogP contribution is -2.46. The van der Waals surface area contributed by atoms with E-state index < -0.39 is 0 Å². The summed E-state index contributed by atoms with van der Waals surface area (Å²) in [6.45, 7) is 9.74. The second-order valence-electron chi connectivity index (χ2n) is 8.07. The Labute approximate surface area is 154 Å². The number of amides is 1. The number of piperidine rings is 1. The Kier molecular flexibility index (Phi) is 4.98. The van der Waals surface area contributed by atoms with Crippen molar-refractivity contribution in [1.29, 1.82) is 0 Å². The van der Waals surface area contributed by atoms with Crippen molar-refractivity contribution < 1.29 is 4.79 Å². The van der Waals surface area contributed by atoms with E-state index in [1.54, 1.807) is 6.33 Å². The molecule has 0 aliphatic carbocycles. The molecule has 3 rings (SSSR count). The van der Waals surface area contributed by atoms with Crippen molar-refractivity contribution in [3.05, 3.63) is 35.5 Å². The lowest BCUT2D eigenvalue weighted by molar-refractivity contribution is 0.0707. The normalized spacial score (nSPS) is 16.0. The average molecular weight is 356 g/mol. The van der Waals surface area contributed by atoms with E-state index in [1.165, 1.54) is 0 Å². The van der Waals surface area contributed by atoms with Crippen LogP contribution in [0, 0.1) is 6.92 Å². The van der Waals surface area contributed by atoms with Crippen LogP contribution in [0.1, 0.15) is 55.5 Å². The van der Waals surface area contributed by atoms with Crippen molar-refractivity contribution in [2.75, 3.05) is 25.0 Å². The number of aryl methyl sites for hydroxylation is 1. The van der Waals surface area contributed by atoms with Crippen molar-refractivity contribution in [2.24, 2.45) is 0 Å². The van der Waals surface area contributed by atoms with Crippen LogP contribution < -0.4 is 4.90 Å². The first kappa shape index (κ1) is 18.4. The predicted octanol–water partition coefficient (Wildman–Crippen LogP) is 2.55. The largest absolute Gasteiger partial charge is 0.356 e. The summed E-state index contributed by atoms with van der Waals surface area (Å²) in [6, 6.07) is 4.25. The van der Waals surface area contributed by atoms with Gasteiger partial charge in [-0.2, -0.15) is 5.10 Å². The van der Waals surface area contributed by atoms with Crippen molar-refractivity contribution in [3.8, 4) is 0 Å². The standard InChI is InChI=1S/C19H28N6O/c1-13-10-17(21-12-20-13)24(5)14-6-8-25(9-7-14)18(26)15-11-16(23-22-15)19(2,3)4/h10-12,14H,6-9H2,1-5H3,(H,22,23). The Hall–Kier alpha value is -2.44. The van der Waals surface area contributed by atoms with Crippen molar-refractivity contribution >= 4 is 11.7 Å². The zero-order chi connectivity index (χ0) is 18.9. The van der Waals surface area contributed by atoms with Gasteiger partial charge in [0.2, 0.25) is 0 Å². The van der Waals surface area contributed by atoms with Crippen LogP contribution in [0.3, 0.4) is 0 Å². The van der Waals surface area contributed by atoms with Crippen LogP contribution in [0.2, 0.25) is 0 Å². The molecular weight excluding hydrogens is 328 g/mol. The minimum atomic E-state index is -0.0447. The first-order valence-electron chi connectivity index (χ1n) is 9.12. The van der Waals surface area contributed by atoms with Gasteiger partial charge in [0.05, 0.1) is 0 Å². The lowest BCUT2D eigenvalue weighted by Gasteiger charge is -2.37. The van der Waals surface area contributed by atoms with E-state index in [9.17, 15) is 4.79 Å². The Balaban J connectivity index is 1.61. The highest BCUT2D eigenvalue weighted by Gasteiger charge is 2.28. The van der Waals surface area contributed by atoms with E-state index >= 15 is 0 Å². The van der Waals surface area contributed by atoms with E-state index in [-0.39, 0.29) is 11.3 Å². The summed E-state index contributed by atoms with van der Waals surface area (Å²) in [4.78, 5) is 25.4. The number of carbonyl (C=O) groups is 1. The van der Waals surface area contributed by atoms with Crippen molar-refractivity contribution in [1.82, 2.24) is 25.1 Å². The zero-order valence-corrected chi connectivity index (χ0v) is 16.3. The molecule has 1 aliphatic rings. The van der Waals surface area contributed by atoms with Gasteiger partial charge >= 0.3 is 0 Å². The van der Waals surface area contributed by atoms with Crippen LogP contribution in [-0.2, 0) is 5.41 Å². The molecule has 26 heavy (non-hydrogen) atoms. The van der Waals surface area contributed by atoms with E-state index in [2.05, 4.69) is 52.9 Å². The SMILES string of the molecule is Cc1cc(N(C)C2CCN(C(=O)c3cc(C(C)(C)C)[nH]n3)CC2)ncn1. The molecule has 0 unspecified atom stereocenters. The Morgan fingerprint density at radius 3 is 2.50 bits per heavy atom. The van der Waals surface area contributed by atoms with Crippen molar-refractivity contribution in [2.45, 2.75) is 52.0 Å². The van der Waals surface area contributed by atoms with Crippen LogP contribution in [-0.4, -0.2) is 57.2 Å². The number of anilines is 1. The average Bonchev–Trinajstić information content (AvgIpc) is 3.11.